The number of methoxy groups -OCH3 is 1. The average Bonchev–Trinajstić information content (AvgIpc) is 2.34. The van der Waals surface area contributed by atoms with E-state index in [1.807, 2.05) is 0 Å². The van der Waals surface area contributed by atoms with Gasteiger partial charge in [0.1, 0.15) is 0 Å². The summed E-state index contributed by atoms with van der Waals surface area (Å²) in [6, 6.07) is 9.40. The fourth-order valence-corrected chi connectivity index (χ4v) is 2.63. The highest BCUT2D eigenvalue weighted by molar-refractivity contribution is 5.29. The molecular weight excluding hydrogens is 222 g/mol. The van der Waals surface area contributed by atoms with E-state index in [1.165, 1.54) is 30.4 Å². The summed E-state index contributed by atoms with van der Waals surface area (Å²) in [4.78, 5) is 0. The lowest BCUT2D eigenvalue weighted by Gasteiger charge is -2.27. The average molecular weight is 247 g/mol. The zero-order valence-corrected chi connectivity index (χ0v) is 11.8. The first kappa shape index (κ1) is 13.6. The molecule has 1 N–H and O–H groups in total. The minimum Gasteiger partial charge on any atom is -0.380 e. The van der Waals surface area contributed by atoms with E-state index in [9.17, 15) is 0 Å². The monoisotopic (exact) mass is 247 g/mol. The van der Waals surface area contributed by atoms with Gasteiger partial charge in [-0.2, -0.15) is 0 Å². The van der Waals surface area contributed by atoms with Gasteiger partial charge in [0.2, 0.25) is 0 Å². The molecular formula is C16H25NO. The summed E-state index contributed by atoms with van der Waals surface area (Å²) < 4.78 is 5.47. The lowest BCUT2D eigenvalue weighted by atomic mass is 9.80. The molecule has 2 nitrogen and oxygen atoms in total. The normalized spacial score (nSPS) is 19.3. The molecule has 1 fully saturated rings. The Morgan fingerprint density at radius 1 is 1.28 bits per heavy atom. The number of likely N-dealkylation sites (N-methyl/N-ethyl adjacent to an activating group) is 1. The first-order valence-electron chi connectivity index (χ1n) is 7.12. The number of hydrogen-bond acceptors (Lipinski definition) is 2. The minimum absolute atomic E-state index is 0.194. The van der Waals surface area contributed by atoms with Crippen LogP contribution in [0.1, 0.15) is 56.2 Å². The Hall–Kier alpha value is -0.860. The Bertz CT molecular complexity index is 356. The number of hydrogen-bond donors (Lipinski definition) is 1. The van der Waals surface area contributed by atoms with Crippen molar-refractivity contribution < 1.29 is 4.74 Å². The maximum Gasteiger partial charge on any atom is 0.0737 e. The molecule has 0 aromatic heterocycles. The standard InChI is InChI=1S/C16H25NO/c1-4-17-16(12(2)18-3)15-10-8-14(9-11-15)13-6-5-7-13/h8-13,16-17H,4-7H2,1-3H3. The summed E-state index contributed by atoms with van der Waals surface area (Å²) in [5.41, 5.74) is 2.83. The van der Waals surface area contributed by atoms with Crippen LogP contribution in [0.3, 0.4) is 0 Å². The van der Waals surface area contributed by atoms with Crippen molar-refractivity contribution in [3.8, 4) is 0 Å². The van der Waals surface area contributed by atoms with Gasteiger partial charge in [-0.05, 0) is 43.4 Å². The van der Waals surface area contributed by atoms with Gasteiger partial charge in [0, 0.05) is 7.11 Å². The molecule has 0 bridgehead atoms. The van der Waals surface area contributed by atoms with E-state index in [1.54, 1.807) is 7.11 Å². The molecule has 2 heteroatoms. The van der Waals surface area contributed by atoms with Crippen LogP contribution in [0.15, 0.2) is 24.3 Å². The summed E-state index contributed by atoms with van der Waals surface area (Å²) in [5.74, 6) is 0.816. The summed E-state index contributed by atoms with van der Waals surface area (Å²) in [7, 11) is 1.78. The molecule has 1 aromatic carbocycles. The summed E-state index contributed by atoms with van der Waals surface area (Å²) >= 11 is 0. The second kappa shape index (κ2) is 6.35. The first-order valence-corrected chi connectivity index (χ1v) is 7.12. The molecule has 0 aliphatic heterocycles. The van der Waals surface area contributed by atoms with Crippen LogP contribution in [0.4, 0.5) is 0 Å². The zero-order valence-electron chi connectivity index (χ0n) is 11.8. The van der Waals surface area contributed by atoms with Crippen molar-refractivity contribution in [2.45, 2.75) is 51.2 Å². The van der Waals surface area contributed by atoms with Crippen LogP contribution in [0, 0.1) is 0 Å². The van der Waals surface area contributed by atoms with Crippen molar-refractivity contribution in [2.75, 3.05) is 13.7 Å². The molecule has 2 rings (SSSR count). The van der Waals surface area contributed by atoms with E-state index in [-0.39, 0.29) is 12.1 Å². The highest BCUT2D eigenvalue weighted by Crippen LogP contribution is 2.36. The third-order valence-electron chi connectivity index (χ3n) is 4.14. The molecule has 1 saturated carbocycles. The molecule has 1 aliphatic rings. The van der Waals surface area contributed by atoms with Gasteiger partial charge in [0.05, 0.1) is 12.1 Å². The van der Waals surface area contributed by atoms with Gasteiger partial charge in [0.25, 0.3) is 0 Å². The maximum absolute atomic E-state index is 5.47. The smallest absolute Gasteiger partial charge is 0.0737 e. The molecule has 0 spiro atoms. The molecule has 0 radical (unpaired) electrons. The van der Waals surface area contributed by atoms with Crippen LogP contribution in [-0.2, 0) is 4.74 Å². The van der Waals surface area contributed by atoms with Crippen LogP contribution >= 0.6 is 0 Å². The number of rotatable bonds is 6. The Kier molecular flexibility index (Phi) is 4.79. The molecule has 2 unspecified atom stereocenters. The topological polar surface area (TPSA) is 21.3 Å². The number of nitrogens with one attached hydrogen (secondary N) is 1. The van der Waals surface area contributed by atoms with Gasteiger partial charge in [-0.25, -0.2) is 0 Å². The highest BCUT2D eigenvalue weighted by Gasteiger charge is 2.21. The second-order valence-electron chi connectivity index (χ2n) is 5.27. The van der Waals surface area contributed by atoms with Gasteiger partial charge in [-0.3, -0.25) is 0 Å². The summed E-state index contributed by atoms with van der Waals surface area (Å²) in [6.07, 6.45) is 4.32. The van der Waals surface area contributed by atoms with Gasteiger partial charge in [-0.1, -0.05) is 37.6 Å². The van der Waals surface area contributed by atoms with Crippen molar-refractivity contribution in [3.63, 3.8) is 0 Å². The molecule has 18 heavy (non-hydrogen) atoms. The maximum atomic E-state index is 5.47. The molecule has 0 heterocycles. The van der Waals surface area contributed by atoms with Gasteiger partial charge < -0.3 is 10.1 Å². The van der Waals surface area contributed by atoms with Crippen molar-refractivity contribution in [1.82, 2.24) is 5.32 Å². The Morgan fingerprint density at radius 2 is 1.94 bits per heavy atom. The quantitative estimate of drug-likeness (QED) is 0.828. The van der Waals surface area contributed by atoms with Gasteiger partial charge >= 0.3 is 0 Å². The molecule has 1 aliphatic carbocycles. The molecule has 2 atom stereocenters. The summed E-state index contributed by atoms with van der Waals surface area (Å²) in [6.45, 7) is 5.22. The molecule has 100 valence electrons. The van der Waals surface area contributed by atoms with E-state index in [0.29, 0.717) is 0 Å². The van der Waals surface area contributed by atoms with Crippen LogP contribution in [0.25, 0.3) is 0 Å². The molecule has 0 amide bonds. The fourth-order valence-electron chi connectivity index (χ4n) is 2.63. The second-order valence-corrected chi connectivity index (χ2v) is 5.27. The Labute approximate surface area is 111 Å². The minimum atomic E-state index is 0.194. The number of ether oxygens (including phenoxy) is 1. The van der Waals surface area contributed by atoms with Crippen LogP contribution < -0.4 is 5.32 Å². The van der Waals surface area contributed by atoms with Crippen molar-refractivity contribution >= 4 is 0 Å². The Balaban J connectivity index is 2.09. The van der Waals surface area contributed by atoms with Crippen molar-refractivity contribution in [1.29, 1.82) is 0 Å². The largest absolute Gasteiger partial charge is 0.380 e. The van der Waals surface area contributed by atoms with Crippen LogP contribution in [0.5, 0.6) is 0 Å². The van der Waals surface area contributed by atoms with Crippen molar-refractivity contribution in [3.05, 3.63) is 35.4 Å². The SMILES string of the molecule is CCNC(c1ccc(C2CCC2)cc1)C(C)OC. The van der Waals surface area contributed by atoms with E-state index in [4.69, 9.17) is 4.74 Å². The third-order valence-corrected chi connectivity index (χ3v) is 4.14. The zero-order chi connectivity index (χ0) is 13.0. The molecule has 0 saturated heterocycles. The predicted octanol–water partition coefficient (Wildman–Crippen LogP) is 3.64. The summed E-state index contributed by atoms with van der Waals surface area (Å²) in [5, 5.41) is 3.50. The van der Waals surface area contributed by atoms with E-state index >= 15 is 0 Å². The van der Waals surface area contributed by atoms with Crippen molar-refractivity contribution in [2.24, 2.45) is 0 Å². The Morgan fingerprint density at radius 3 is 2.39 bits per heavy atom. The van der Waals surface area contributed by atoms with E-state index < -0.39 is 0 Å². The lowest BCUT2D eigenvalue weighted by molar-refractivity contribution is 0.0836. The van der Waals surface area contributed by atoms with Gasteiger partial charge in [-0.15, -0.1) is 0 Å². The lowest BCUT2D eigenvalue weighted by Crippen LogP contribution is -2.31. The third kappa shape index (κ3) is 2.93. The van der Waals surface area contributed by atoms with Crippen LogP contribution in [-0.4, -0.2) is 19.8 Å². The number of benzene rings is 1. The van der Waals surface area contributed by atoms with Crippen LogP contribution in [0.2, 0.25) is 0 Å². The highest BCUT2D eigenvalue weighted by atomic mass is 16.5. The molecule has 1 aromatic rings. The predicted molar refractivity (Wildman–Crippen MR) is 75.9 cm³/mol. The van der Waals surface area contributed by atoms with E-state index in [0.717, 1.165) is 12.5 Å². The van der Waals surface area contributed by atoms with Gasteiger partial charge in [0.15, 0.2) is 0 Å². The fraction of sp³-hybridized carbons (Fsp3) is 0.625. The van der Waals surface area contributed by atoms with E-state index in [2.05, 4.69) is 43.4 Å². The first-order chi connectivity index (χ1) is 8.76.